The van der Waals surface area contributed by atoms with E-state index in [-0.39, 0.29) is 29.5 Å². The molecule has 1 aliphatic heterocycles. The van der Waals surface area contributed by atoms with Crippen LogP contribution in [0.15, 0.2) is 0 Å². The number of piperidine rings is 1. The van der Waals surface area contributed by atoms with Crippen molar-refractivity contribution in [2.24, 2.45) is 5.92 Å². The molecule has 0 aromatic carbocycles. The van der Waals surface area contributed by atoms with E-state index in [1.165, 1.54) is 0 Å². The van der Waals surface area contributed by atoms with E-state index in [0.717, 1.165) is 19.4 Å². The smallest absolute Gasteiger partial charge is 0.237 e. The van der Waals surface area contributed by atoms with Gasteiger partial charge >= 0.3 is 0 Å². The van der Waals surface area contributed by atoms with Gasteiger partial charge in [0.2, 0.25) is 15.9 Å². The lowest BCUT2D eigenvalue weighted by Gasteiger charge is -2.21. The van der Waals surface area contributed by atoms with Gasteiger partial charge in [-0.05, 0) is 32.2 Å². The molecule has 0 aromatic heterocycles. The number of rotatable bonds is 3. The zero-order valence-corrected chi connectivity index (χ0v) is 10.6. The minimum absolute atomic E-state index is 0. The summed E-state index contributed by atoms with van der Waals surface area (Å²) in [4.78, 5) is 11.6. The van der Waals surface area contributed by atoms with Crippen LogP contribution in [0.2, 0.25) is 0 Å². The molecule has 1 saturated carbocycles. The average molecular weight is 269 g/mol. The number of hydrogen-bond donors (Lipinski definition) is 2. The zero-order chi connectivity index (χ0) is 10.9. The normalized spacial score (nSPS) is 25.6. The molecule has 2 N–H and O–H groups in total. The summed E-state index contributed by atoms with van der Waals surface area (Å²) in [6.07, 6.45) is 3.08. The van der Waals surface area contributed by atoms with Gasteiger partial charge in [-0.15, -0.1) is 12.4 Å². The van der Waals surface area contributed by atoms with Crippen molar-refractivity contribution in [2.45, 2.75) is 30.9 Å². The molecule has 94 valence electrons. The van der Waals surface area contributed by atoms with E-state index in [1.54, 1.807) is 0 Å². The maximum atomic E-state index is 11.6. The third-order valence-electron chi connectivity index (χ3n) is 2.87. The van der Waals surface area contributed by atoms with E-state index in [9.17, 15) is 13.2 Å². The van der Waals surface area contributed by atoms with Crippen molar-refractivity contribution in [1.82, 2.24) is 10.0 Å². The van der Waals surface area contributed by atoms with Crippen molar-refractivity contribution in [3.05, 3.63) is 0 Å². The molecule has 0 bridgehead atoms. The third-order valence-corrected chi connectivity index (χ3v) is 4.71. The molecule has 2 fully saturated rings. The first-order valence-electron chi connectivity index (χ1n) is 5.36. The van der Waals surface area contributed by atoms with Crippen molar-refractivity contribution < 1.29 is 13.2 Å². The van der Waals surface area contributed by atoms with Gasteiger partial charge in [-0.2, -0.15) is 0 Å². The highest BCUT2D eigenvalue weighted by atomic mass is 35.5. The number of carbonyl (C=O) groups excluding carboxylic acids is 1. The summed E-state index contributed by atoms with van der Waals surface area (Å²) >= 11 is 0. The Balaban J connectivity index is 0.00000128. The van der Waals surface area contributed by atoms with E-state index in [4.69, 9.17) is 0 Å². The van der Waals surface area contributed by atoms with E-state index in [1.807, 2.05) is 0 Å². The summed E-state index contributed by atoms with van der Waals surface area (Å²) < 4.78 is 25.2. The first-order chi connectivity index (χ1) is 7.09. The lowest BCUT2D eigenvalue weighted by atomic mass is 9.99. The van der Waals surface area contributed by atoms with Gasteiger partial charge in [-0.1, -0.05) is 0 Å². The topological polar surface area (TPSA) is 75.3 Å². The minimum Gasteiger partial charge on any atom is -0.316 e. The second kappa shape index (κ2) is 5.33. The van der Waals surface area contributed by atoms with Gasteiger partial charge in [-0.25, -0.2) is 8.42 Å². The van der Waals surface area contributed by atoms with Gasteiger partial charge in [0.15, 0.2) is 0 Å². The van der Waals surface area contributed by atoms with Crippen molar-refractivity contribution in [1.29, 1.82) is 0 Å². The van der Waals surface area contributed by atoms with Crippen LogP contribution in [-0.4, -0.2) is 32.7 Å². The van der Waals surface area contributed by atoms with Crippen molar-refractivity contribution in [3.63, 3.8) is 0 Å². The predicted molar refractivity (Wildman–Crippen MR) is 62.9 cm³/mol. The molecule has 16 heavy (non-hydrogen) atoms. The number of carbonyl (C=O) groups is 1. The van der Waals surface area contributed by atoms with Crippen LogP contribution in [0.1, 0.15) is 25.7 Å². The van der Waals surface area contributed by atoms with Crippen molar-refractivity contribution in [3.8, 4) is 0 Å². The lowest BCUT2D eigenvalue weighted by molar-refractivity contribution is -0.123. The van der Waals surface area contributed by atoms with Gasteiger partial charge in [0.1, 0.15) is 0 Å². The van der Waals surface area contributed by atoms with Crippen LogP contribution in [0, 0.1) is 5.92 Å². The van der Waals surface area contributed by atoms with Crippen LogP contribution in [0.3, 0.4) is 0 Å². The van der Waals surface area contributed by atoms with Crippen LogP contribution in [-0.2, 0) is 14.8 Å². The standard InChI is InChI=1S/C9H16N2O3S.ClH/c12-9(7-2-1-5-10-6-7)11-15(13,14)8-3-4-8;/h7-8,10H,1-6H2,(H,11,12);1H. The molecule has 1 unspecified atom stereocenters. The molecule has 1 saturated heterocycles. The molecular weight excluding hydrogens is 252 g/mol. The maximum Gasteiger partial charge on any atom is 0.237 e. The van der Waals surface area contributed by atoms with Crippen LogP contribution in [0.5, 0.6) is 0 Å². The molecule has 1 atom stereocenters. The maximum absolute atomic E-state index is 11.6. The number of halogens is 1. The summed E-state index contributed by atoms with van der Waals surface area (Å²) in [7, 11) is -3.36. The van der Waals surface area contributed by atoms with Crippen LogP contribution < -0.4 is 10.0 Å². The van der Waals surface area contributed by atoms with Gasteiger partial charge in [0.05, 0.1) is 11.2 Å². The first-order valence-corrected chi connectivity index (χ1v) is 6.90. The quantitative estimate of drug-likeness (QED) is 0.757. The molecule has 0 radical (unpaired) electrons. The Morgan fingerprint density at radius 2 is 1.94 bits per heavy atom. The lowest BCUT2D eigenvalue weighted by Crippen LogP contribution is -2.43. The third kappa shape index (κ3) is 3.33. The number of hydrogen-bond acceptors (Lipinski definition) is 4. The van der Waals surface area contributed by atoms with Crippen LogP contribution in [0.4, 0.5) is 0 Å². The Morgan fingerprint density at radius 3 is 2.44 bits per heavy atom. The molecule has 2 aliphatic rings. The summed E-state index contributed by atoms with van der Waals surface area (Å²) in [6, 6.07) is 0. The molecule has 1 amide bonds. The fraction of sp³-hybridized carbons (Fsp3) is 0.889. The molecule has 0 spiro atoms. The molecular formula is C9H17ClN2O3S. The Labute approximate surface area is 102 Å². The molecule has 0 aromatic rings. The highest BCUT2D eigenvalue weighted by Crippen LogP contribution is 2.27. The number of nitrogens with one attached hydrogen (secondary N) is 2. The van der Waals surface area contributed by atoms with E-state index >= 15 is 0 Å². The number of sulfonamides is 1. The second-order valence-corrected chi connectivity index (χ2v) is 6.21. The van der Waals surface area contributed by atoms with Crippen LogP contribution in [0.25, 0.3) is 0 Å². The Morgan fingerprint density at radius 1 is 1.25 bits per heavy atom. The molecule has 1 heterocycles. The summed E-state index contributed by atoms with van der Waals surface area (Å²) in [6.45, 7) is 1.51. The largest absolute Gasteiger partial charge is 0.316 e. The Hall–Kier alpha value is -0.330. The van der Waals surface area contributed by atoms with Gasteiger partial charge in [0, 0.05) is 6.54 Å². The van der Waals surface area contributed by atoms with E-state index in [2.05, 4.69) is 10.0 Å². The fourth-order valence-corrected chi connectivity index (χ4v) is 3.13. The van der Waals surface area contributed by atoms with Gasteiger partial charge in [0.25, 0.3) is 0 Å². The number of amides is 1. The SMILES string of the molecule is Cl.O=C(NS(=O)(=O)C1CC1)C1CCCNC1. The Kier molecular flexibility index (Phi) is 4.58. The molecule has 1 aliphatic carbocycles. The average Bonchev–Trinajstić information content (AvgIpc) is 3.01. The minimum atomic E-state index is -3.36. The van der Waals surface area contributed by atoms with Gasteiger partial charge in [-0.3, -0.25) is 9.52 Å². The highest BCUT2D eigenvalue weighted by Gasteiger charge is 2.38. The van der Waals surface area contributed by atoms with Gasteiger partial charge < -0.3 is 5.32 Å². The summed E-state index contributed by atoms with van der Waals surface area (Å²) in [5.74, 6) is -0.527. The fourth-order valence-electron chi connectivity index (χ4n) is 1.76. The van der Waals surface area contributed by atoms with E-state index in [0.29, 0.717) is 19.4 Å². The highest BCUT2D eigenvalue weighted by molar-refractivity contribution is 7.90. The predicted octanol–water partition coefficient (Wildman–Crippen LogP) is 0.0162. The second-order valence-electron chi connectivity index (χ2n) is 4.25. The molecule has 2 rings (SSSR count). The van der Waals surface area contributed by atoms with Crippen molar-refractivity contribution >= 4 is 28.3 Å². The van der Waals surface area contributed by atoms with Crippen molar-refractivity contribution in [2.75, 3.05) is 13.1 Å². The summed E-state index contributed by atoms with van der Waals surface area (Å²) in [5, 5.41) is 2.77. The molecule has 7 heteroatoms. The van der Waals surface area contributed by atoms with Crippen LogP contribution >= 0.6 is 12.4 Å². The van der Waals surface area contributed by atoms with E-state index < -0.39 is 10.0 Å². The summed E-state index contributed by atoms with van der Waals surface area (Å²) in [5.41, 5.74) is 0. The Bertz CT molecular complexity index is 348. The molecule has 5 nitrogen and oxygen atoms in total. The zero-order valence-electron chi connectivity index (χ0n) is 8.94. The monoisotopic (exact) mass is 268 g/mol. The first kappa shape index (κ1) is 13.7.